The number of hydrogen-bond donors (Lipinski definition) is 2. The van der Waals surface area contributed by atoms with Crippen LogP contribution in [0.4, 0.5) is 0 Å². The molecular weight excluding hydrogens is 329 g/mol. The second kappa shape index (κ2) is 9.64. The lowest BCUT2D eigenvalue weighted by atomic mass is 10.0. The molecule has 0 bridgehead atoms. The van der Waals surface area contributed by atoms with Gasteiger partial charge in [-0.25, -0.2) is 0 Å². The first-order chi connectivity index (χ1) is 9.69. The van der Waals surface area contributed by atoms with Gasteiger partial charge in [0.05, 0.1) is 4.34 Å². The number of carbonyl (C=O) groups is 1. The molecule has 2 heterocycles. The molecule has 7 heteroatoms. The van der Waals surface area contributed by atoms with Crippen molar-refractivity contribution in [1.82, 2.24) is 10.2 Å². The normalized spacial score (nSPS) is 19.0. The third-order valence-corrected chi connectivity index (χ3v) is 4.86. The molecule has 1 fully saturated rings. The fraction of sp³-hybridized carbons (Fsp3) is 0.643. The zero-order valence-corrected chi connectivity index (χ0v) is 14.4. The minimum absolute atomic E-state index is 0. The highest BCUT2D eigenvalue weighted by Gasteiger charge is 2.23. The Bertz CT molecular complexity index is 442. The van der Waals surface area contributed by atoms with Crippen LogP contribution >= 0.6 is 35.3 Å². The van der Waals surface area contributed by atoms with Crippen LogP contribution < -0.4 is 11.1 Å². The maximum Gasteiger partial charge on any atom is 0.221 e. The Morgan fingerprint density at radius 2 is 2.29 bits per heavy atom. The Morgan fingerprint density at radius 1 is 1.48 bits per heavy atom. The molecule has 3 N–H and O–H groups in total. The van der Waals surface area contributed by atoms with Crippen molar-refractivity contribution in [3.05, 3.63) is 21.3 Å². The van der Waals surface area contributed by atoms with Gasteiger partial charge in [-0.15, -0.1) is 23.7 Å². The van der Waals surface area contributed by atoms with Crippen molar-refractivity contribution in [3.63, 3.8) is 0 Å². The molecule has 1 aliphatic rings. The molecule has 1 amide bonds. The average Bonchev–Trinajstić information content (AvgIpc) is 2.83. The molecule has 0 spiro atoms. The van der Waals surface area contributed by atoms with Gasteiger partial charge in [0, 0.05) is 37.0 Å². The topological polar surface area (TPSA) is 58.4 Å². The number of carbonyl (C=O) groups excluding carboxylic acids is 1. The molecule has 120 valence electrons. The van der Waals surface area contributed by atoms with Crippen LogP contribution in [0.5, 0.6) is 0 Å². The molecule has 1 saturated heterocycles. The zero-order valence-electron chi connectivity index (χ0n) is 12.0. The van der Waals surface area contributed by atoms with E-state index in [1.165, 1.54) is 17.7 Å². The van der Waals surface area contributed by atoms with E-state index in [1.54, 1.807) is 11.3 Å². The number of halogens is 2. The number of hydrogen-bond acceptors (Lipinski definition) is 4. The predicted octanol–water partition coefficient (Wildman–Crippen LogP) is 2.64. The van der Waals surface area contributed by atoms with Crippen LogP contribution in [-0.2, 0) is 11.3 Å². The van der Waals surface area contributed by atoms with E-state index < -0.39 is 0 Å². The van der Waals surface area contributed by atoms with E-state index in [1.807, 2.05) is 6.07 Å². The molecule has 0 aliphatic carbocycles. The van der Waals surface area contributed by atoms with Gasteiger partial charge in [-0.3, -0.25) is 9.69 Å². The molecule has 2 rings (SSSR count). The van der Waals surface area contributed by atoms with Crippen LogP contribution in [0.15, 0.2) is 12.1 Å². The van der Waals surface area contributed by atoms with E-state index in [2.05, 4.69) is 16.3 Å². The van der Waals surface area contributed by atoms with E-state index in [0.29, 0.717) is 19.0 Å². The van der Waals surface area contributed by atoms with Crippen LogP contribution in [-0.4, -0.2) is 36.5 Å². The van der Waals surface area contributed by atoms with Crippen LogP contribution in [0.25, 0.3) is 0 Å². The van der Waals surface area contributed by atoms with Gasteiger partial charge in [-0.2, -0.15) is 0 Å². The van der Waals surface area contributed by atoms with E-state index in [9.17, 15) is 4.79 Å². The SMILES string of the molecule is Cl.NCCC(=O)NCC1CCCCN1Cc1ccc(Cl)s1. The Kier molecular flexibility index (Phi) is 8.59. The Balaban J connectivity index is 0.00000220. The molecule has 0 saturated carbocycles. The van der Waals surface area contributed by atoms with Crippen molar-refractivity contribution < 1.29 is 4.79 Å². The van der Waals surface area contributed by atoms with Crippen molar-refractivity contribution in [2.45, 2.75) is 38.3 Å². The van der Waals surface area contributed by atoms with Gasteiger partial charge >= 0.3 is 0 Å². The van der Waals surface area contributed by atoms with Gasteiger partial charge in [-0.05, 0) is 31.5 Å². The van der Waals surface area contributed by atoms with Crippen LogP contribution in [0.2, 0.25) is 4.34 Å². The molecule has 21 heavy (non-hydrogen) atoms. The largest absolute Gasteiger partial charge is 0.354 e. The summed E-state index contributed by atoms with van der Waals surface area (Å²) in [7, 11) is 0. The minimum atomic E-state index is 0. The summed E-state index contributed by atoms with van der Waals surface area (Å²) in [4.78, 5) is 15.3. The minimum Gasteiger partial charge on any atom is -0.354 e. The summed E-state index contributed by atoms with van der Waals surface area (Å²) in [5.74, 6) is 0.0530. The number of thiophene rings is 1. The van der Waals surface area contributed by atoms with Crippen molar-refractivity contribution in [1.29, 1.82) is 0 Å². The summed E-state index contributed by atoms with van der Waals surface area (Å²) in [6.07, 6.45) is 4.01. The maximum absolute atomic E-state index is 11.5. The number of piperidine rings is 1. The zero-order chi connectivity index (χ0) is 14.4. The number of nitrogens with zero attached hydrogens (tertiary/aromatic N) is 1. The van der Waals surface area contributed by atoms with Crippen LogP contribution in [0.3, 0.4) is 0 Å². The fourth-order valence-electron chi connectivity index (χ4n) is 2.59. The first-order valence-corrected chi connectivity index (χ1v) is 8.33. The van der Waals surface area contributed by atoms with Gasteiger partial charge in [0.2, 0.25) is 5.91 Å². The second-order valence-corrected chi connectivity index (χ2v) is 6.97. The van der Waals surface area contributed by atoms with Gasteiger partial charge < -0.3 is 11.1 Å². The lowest BCUT2D eigenvalue weighted by Crippen LogP contribution is -2.46. The van der Waals surface area contributed by atoms with E-state index >= 15 is 0 Å². The fourth-order valence-corrected chi connectivity index (χ4v) is 3.70. The maximum atomic E-state index is 11.5. The summed E-state index contributed by atoms with van der Waals surface area (Å²) in [6, 6.07) is 4.46. The molecule has 1 aromatic rings. The monoisotopic (exact) mass is 351 g/mol. The highest BCUT2D eigenvalue weighted by molar-refractivity contribution is 7.16. The summed E-state index contributed by atoms with van der Waals surface area (Å²) in [5.41, 5.74) is 5.39. The molecule has 1 unspecified atom stereocenters. The molecule has 1 aromatic heterocycles. The van der Waals surface area contributed by atoms with Crippen LogP contribution in [0.1, 0.15) is 30.6 Å². The number of likely N-dealkylation sites (tertiary alicyclic amines) is 1. The second-order valence-electron chi connectivity index (χ2n) is 5.17. The van der Waals surface area contributed by atoms with E-state index in [0.717, 1.165) is 30.4 Å². The highest BCUT2D eigenvalue weighted by atomic mass is 35.5. The summed E-state index contributed by atoms with van der Waals surface area (Å²) in [5, 5.41) is 2.99. The van der Waals surface area contributed by atoms with Crippen molar-refractivity contribution >= 4 is 41.3 Å². The lowest BCUT2D eigenvalue weighted by molar-refractivity contribution is -0.121. The first kappa shape index (κ1) is 18.7. The predicted molar refractivity (Wildman–Crippen MR) is 91.3 cm³/mol. The molecule has 0 aromatic carbocycles. The highest BCUT2D eigenvalue weighted by Crippen LogP contribution is 2.25. The molecule has 0 radical (unpaired) electrons. The lowest BCUT2D eigenvalue weighted by Gasteiger charge is -2.35. The van der Waals surface area contributed by atoms with Crippen molar-refractivity contribution in [2.24, 2.45) is 5.73 Å². The van der Waals surface area contributed by atoms with Gasteiger partial charge in [0.1, 0.15) is 0 Å². The molecular formula is C14H23Cl2N3OS. The molecule has 4 nitrogen and oxygen atoms in total. The van der Waals surface area contributed by atoms with E-state index in [-0.39, 0.29) is 18.3 Å². The standard InChI is InChI=1S/C14H22ClN3OS.ClH/c15-13-5-4-12(20-13)10-18-8-2-1-3-11(18)9-17-14(19)6-7-16;/h4-5,11H,1-3,6-10,16H2,(H,17,19);1H. The third kappa shape index (κ3) is 6.12. The van der Waals surface area contributed by atoms with Gasteiger partial charge in [0.25, 0.3) is 0 Å². The Morgan fingerprint density at radius 3 is 2.95 bits per heavy atom. The summed E-state index contributed by atoms with van der Waals surface area (Å²) < 4.78 is 0.838. The van der Waals surface area contributed by atoms with Gasteiger partial charge in [0.15, 0.2) is 0 Å². The number of nitrogens with one attached hydrogen (secondary N) is 1. The van der Waals surface area contributed by atoms with Crippen molar-refractivity contribution in [3.8, 4) is 0 Å². The molecule has 1 aliphatic heterocycles. The number of amides is 1. The Labute approximate surface area is 141 Å². The number of rotatable bonds is 6. The number of nitrogens with two attached hydrogens (primary N) is 1. The third-order valence-electron chi connectivity index (χ3n) is 3.64. The smallest absolute Gasteiger partial charge is 0.221 e. The van der Waals surface area contributed by atoms with Crippen LogP contribution in [0, 0.1) is 0 Å². The molecule has 1 atom stereocenters. The first-order valence-electron chi connectivity index (χ1n) is 7.14. The quantitative estimate of drug-likeness (QED) is 0.828. The summed E-state index contributed by atoms with van der Waals surface area (Å²) in [6.45, 7) is 3.15. The van der Waals surface area contributed by atoms with Gasteiger partial charge in [-0.1, -0.05) is 18.0 Å². The van der Waals surface area contributed by atoms with Crippen molar-refractivity contribution in [2.75, 3.05) is 19.6 Å². The van der Waals surface area contributed by atoms with E-state index in [4.69, 9.17) is 17.3 Å². The Hall–Kier alpha value is -0.330. The average molecular weight is 352 g/mol. The summed E-state index contributed by atoms with van der Waals surface area (Å²) >= 11 is 7.62.